The molecule has 0 saturated heterocycles. The molecule has 0 radical (unpaired) electrons. The van der Waals surface area contributed by atoms with Crippen molar-refractivity contribution in [1.82, 2.24) is 5.32 Å². The van der Waals surface area contributed by atoms with E-state index >= 15 is 0 Å². The van der Waals surface area contributed by atoms with Gasteiger partial charge in [0.25, 0.3) is 11.8 Å². The van der Waals surface area contributed by atoms with Crippen LogP contribution in [0.4, 0.5) is 11.4 Å². The maximum Gasteiger partial charge on any atom is 0.272 e. The smallest absolute Gasteiger partial charge is 0.272 e. The molecule has 1 aliphatic heterocycles. The number of anilines is 2. The number of carbonyl (C=O) groups is 3. The highest BCUT2D eigenvalue weighted by Gasteiger charge is 2.16. The Hall–Kier alpha value is -5.02. The van der Waals surface area contributed by atoms with Gasteiger partial charge >= 0.3 is 0 Å². The Morgan fingerprint density at radius 3 is 2.17 bits per heavy atom. The summed E-state index contributed by atoms with van der Waals surface area (Å²) in [6.07, 6.45) is 1.62. The van der Waals surface area contributed by atoms with E-state index in [-0.39, 0.29) is 30.1 Å². The molecule has 40 heavy (non-hydrogen) atoms. The summed E-state index contributed by atoms with van der Waals surface area (Å²) in [6, 6.07) is 30.3. The molecule has 0 spiro atoms. The minimum atomic E-state index is -0.461. The van der Waals surface area contributed by atoms with E-state index in [9.17, 15) is 14.4 Å². The Morgan fingerprint density at radius 2 is 1.43 bits per heavy atom. The SMILES string of the molecule is O=C(CSc1ccc(NC(=O)/C(=C/c2ccccc2)NC(=O)c2ccccc2)cc1)Nc1ccc2c(c1)OCO2. The van der Waals surface area contributed by atoms with Gasteiger partial charge in [0, 0.05) is 27.9 Å². The van der Waals surface area contributed by atoms with Crippen molar-refractivity contribution in [3.8, 4) is 11.5 Å². The zero-order valence-corrected chi connectivity index (χ0v) is 22.1. The van der Waals surface area contributed by atoms with E-state index in [2.05, 4.69) is 16.0 Å². The van der Waals surface area contributed by atoms with Gasteiger partial charge in [-0.3, -0.25) is 14.4 Å². The van der Waals surface area contributed by atoms with E-state index in [4.69, 9.17) is 9.47 Å². The maximum atomic E-state index is 13.2. The zero-order valence-electron chi connectivity index (χ0n) is 21.3. The summed E-state index contributed by atoms with van der Waals surface area (Å²) in [4.78, 5) is 39.2. The monoisotopic (exact) mass is 551 g/mol. The lowest BCUT2D eigenvalue weighted by Gasteiger charge is -2.12. The topological polar surface area (TPSA) is 106 Å². The van der Waals surface area contributed by atoms with Gasteiger partial charge in [0.1, 0.15) is 5.70 Å². The summed E-state index contributed by atoms with van der Waals surface area (Å²) in [7, 11) is 0. The van der Waals surface area contributed by atoms with E-state index < -0.39 is 5.91 Å². The number of nitrogens with one attached hydrogen (secondary N) is 3. The van der Waals surface area contributed by atoms with Crippen LogP contribution in [0.15, 0.2) is 114 Å². The van der Waals surface area contributed by atoms with Gasteiger partial charge in [-0.1, -0.05) is 48.5 Å². The van der Waals surface area contributed by atoms with Crippen LogP contribution in [0.1, 0.15) is 15.9 Å². The van der Waals surface area contributed by atoms with Crippen LogP contribution in [0.3, 0.4) is 0 Å². The van der Waals surface area contributed by atoms with Crippen LogP contribution in [0.25, 0.3) is 6.08 Å². The second-order valence-electron chi connectivity index (χ2n) is 8.67. The predicted octanol–water partition coefficient (Wildman–Crippen LogP) is 5.56. The van der Waals surface area contributed by atoms with Crippen LogP contribution < -0.4 is 25.4 Å². The fourth-order valence-corrected chi connectivity index (χ4v) is 4.51. The van der Waals surface area contributed by atoms with Crippen molar-refractivity contribution < 1.29 is 23.9 Å². The number of fused-ring (bicyclic) bond motifs is 1. The summed E-state index contributed by atoms with van der Waals surface area (Å²) >= 11 is 1.37. The molecule has 3 N–H and O–H groups in total. The van der Waals surface area contributed by atoms with Gasteiger partial charge < -0.3 is 25.4 Å². The van der Waals surface area contributed by atoms with Gasteiger partial charge in [-0.25, -0.2) is 0 Å². The van der Waals surface area contributed by atoms with Gasteiger partial charge in [0.2, 0.25) is 12.7 Å². The molecule has 0 atom stereocenters. The highest BCUT2D eigenvalue weighted by Crippen LogP contribution is 2.34. The average molecular weight is 552 g/mol. The molecule has 9 heteroatoms. The molecule has 0 bridgehead atoms. The van der Waals surface area contributed by atoms with Crippen molar-refractivity contribution in [2.75, 3.05) is 23.2 Å². The van der Waals surface area contributed by atoms with Gasteiger partial charge in [-0.15, -0.1) is 11.8 Å². The van der Waals surface area contributed by atoms with Crippen LogP contribution >= 0.6 is 11.8 Å². The zero-order chi connectivity index (χ0) is 27.7. The molecule has 0 fully saturated rings. The average Bonchev–Trinajstić information content (AvgIpc) is 3.45. The fraction of sp³-hybridized carbons (Fsp3) is 0.0645. The second-order valence-corrected chi connectivity index (χ2v) is 9.72. The molecule has 0 unspecified atom stereocenters. The Labute approximate surface area is 235 Å². The molecule has 1 heterocycles. The van der Waals surface area contributed by atoms with Crippen LogP contribution in [0, 0.1) is 0 Å². The molecule has 200 valence electrons. The Bertz CT molecular complexity index is 1540. The molecular formula is C31H25N3O5S. The number of benzene rings is 4. The lowest BCUT2D eigenvalue weighted by atomic mass is 10.1. The molecular weight excluding hydrogens is 526 g/mol. The Kier molecular flexibility index (Phi) is 8.43. The number of amides is 3. The van der Waals surface area contributed by atoms with Crippen LogP contribution in [0.5, 0.6) is 11.5 Å². The highest BCUT2D eigenvalue weighted by molar-refractivity contribution is 8.00. The summed E-state index contributed by atoms with van der Waals surface area (Å²) in [6.45, 7) is 0.173. The van der Waals surface area contributed by atoms with E-state index in [1.165, 1.54) is 11.8 Å². The summed E-state index contributed by atoms with van der Waals surface area (Å²) in [5.41, 5.74) is 2.50. The van der Waals surface area contributed by atoms with Gasteiger partial charge in [0.05, 0.1) is 5.75 Å². The van der Waals surface area contributed by atoms with Crippen molar-refractivity contribution >= 4 is 46.9 Å². The number of thioether (sulfide) groups is 1. The largest absolute Gasteiger partial charge is 0.454 e. The first kappa shape index (κ1) is 26.6. The summed E-state index contributed by atoms with van der Waals surface area (Å²) in [5.74, 6) is 0.451. The third kappa shape index (κ3) is 7.09. The minimum Gasteiger partial charge on any atom is -0.454 e. The molecule has 5 rings (SSSR count). The standard InChI is InChI=1S/C31H25N3O5S/c35-29(32-24-13-16-27-28(18-24)39-20-38-27)19-40-25-14-11-23(12-15-25)33-31(37)26(17-21-7-3-1-4-8-21)34-30(36)22-9-5-2-6-10-22/h1-18H,19-20H2,(H,32,35)(H,33,37)(H,34,36)/b26-17-. The van der Waals surface area contributed by atoms with E-state index in [1.54, 1.807) is 60.7 Å². The van der Waals surface area contributed by atoms with E-state index in [0.717, 1.165) is 10.5 Å². The van der Waals surface area contributed by atoms with Crippen molar-refractivity contribution in [2.45, 2.75) is 4.90 Å². The van der Waals surface area contributed by atoms with Crippen molar-refractivity contribution in [3.63, 3.8) is 0 Å². The molecule has 8 nitrogen and oxygen atoms in total. The molecule has 1 aliphatic rings. The number of rotatable bonds is 9. The maximum absolute atomic E-state index is 13.2. The lowest BCUT2D eigenvalue weighted by Crippen LogP contribution is -2.30. The molecule has 4 aromatic carbocycles. The molecule has 0 aromatic heterocycles. The molecule has 0 saturated carbocycles. The normalized spacial score (nSPS) is 11.9. The molecule has 4 aromatic rings. The molecule has 3 amide bonds. The first-order valence-corrected chi connectivity index (χ1v) is 13.4. The van der Waals surface area contributed by atoms with Crippen molar-refractivity contribution in [3.05, 3.63) is 120 Å². The van der Waals surface area contributed by atoms with Crippen molar-refractivity contribution in [2.24, 2.45) is 0 Å². The Balaban J connectivity index is 1.19. The predicted molar refractivity (Wildman–Crippen MR) is 155 cm³/mol. The third-order valence-electron chi connectivity index (χ3n) is 5.78. The highest BCUT2D eigenvalue weighted by atomic mass is 32.2. The molecule has 0 aliphatic carbocycles. The first-order chi connectivity index (χ1) is 19.5. The van der Waals surface area contributed by atoms with Gasteiger partial charge in [-0.05, 0) is 60.2 Å². The lowest BCUT2D eigenvalue weighted by molar-refractivity contribution is -0.114. The van der Waals surface area contributed by atoms with Crippen LogP contribution in [-0.2, 0) is 9.59 Å². The second kappa shape index (κ2) is 12.7. The van der Waals surface area contributed by atoms with Crippen LogP contribution in [-0.4, -0.2) is 30.3 Å². The number of hydrogen-bond donors (Lipinski definition) is 3. The Morgan fingerprint density at radius 1 is 0.750 bits per heavy atom. The first-order valence-electron chi connectivity index (χ1n) is 12.4. The van der Waals surface area contributed by atoms with Crippen LogP contribution in [0.2, 0.25) is 0 Å². The quantitative estimate of drug-likeness (QED) is 0.186. The third-order valence-corrected chi connectivity index (χ3v) is 6.79. The number of ether oxygens (including phenoxy) is 2. The van der Waals surface area contributed by atoms with E-state index in [1.807, 2.05) is 48.5 Å². The number of carbonyl (C=O) groups excluding carboxylic acids is 3. The minimum absolute atomic E-state index is 0.110. The fourth-order valence-electron chi connectivity index (χ4n) is 3.81. The van der Waals surface area contributed by atoms with Gasteiger partial charge in [0.15, 0.2) is 11.5 Å². The summed E-state index contributed by atoms with van der Waals surface area (Å²) < 4.78 is 10.6. The summed E-state index contributed by atoms with van der Waals surface area (Å²) in [5, 5.41) is 8.40. The van der Waals surface area contributed by atoms with E-state index in [0.29, 0.717) is 28.4 Å². The van der Waals surface area contributed by atoms with Crippen molar-refractivity contribution in [1.29, 1.82) is 0 Å². The van der Waals surface area contributed by atoms with Gasteiger partial charge in [-0.2, -0.15) is 0 Å². The number of hydrogen-bond acceptors (Lipinski definition) is 6.